The van der Waals surface area contributed by atoms with Gasteiger partial charge in [0.15, 0.2) is 0 Å². The molecule has 0 heterocycles. The van der Waals surface area contributed by atoms with Gasteiger partial charge in [0.05, 0.1) is 11.3 Å². The summed E-state index contributed by atoms with van der Waals surface area (Å²) in [5.41, 5.74) is 0.777. The number of benzene rings is 1. The maximum atomic E-state index is 11.3. The molecule has 0 aliphatic carbocycles. The first-order valence-corrected chi connectivity index (χ1v) is 6.80. The van der Waals surface area contributed by atoms with Crippen molar-refractivity contribution >= 4 is 21.7 Å². The number of carbonyl (C=O) groups excluding carboxylic acids is 2. The van der Waals surface area contributed by atoms with Gasteiger partial charge in [-0.15, -0.1) is 0 Å². The van der Waals surface area contributed by atoms with E-state index in [1.165, 1.54) is 31.2 Å². The first kappa shape index (κ1) is 19.1. The van der Waals surface area contributed by atoms with Crippen molar-refractivity contribution in [3.8, 4) is 0 Å². The molecule has 0 fully saturated rings. The molecule has 0 bridgehead atoms. The number of hydrogen-bond donors (Lipinski definition) is 1. The summed E-state index contributed by atoms with van der Waals surface area (Å²) in [5.74, 6) is -0.303. The summed E-state index contributed by atoms with van der Waals surface area (Å²) in [6.45, 7) is 1.36. The zero-order valence-corrected chi connectivity index (χ0v) is 14.9. The minimum atomic E-state index is -4.18. The predicted octanol–water partition coefficient (Wildman–Crippen LogP) is -1.47. The summed E-state index contributed by atoms with van der Waals surface area (Å²) in [7, 11) is -4.18. The minimum absolute atomic E-state index is 0. The molecule has 0 saturated carbocycles. The van der Waals surface area contributed by atoms with E-state index in [1.807, 2.05) is 0 Å². The fourth-order valence-corrected chi connectivity index (χ4v) is 1.96. The van der Waals surface area contributed by atoms with Crippen LogP contribution in [0.3, 0.4) is 0 Å². The number of aryl methyl sites for hydroxylation is 1. The third-order valence-electron chi connectivity index (χ3n) is 2.36. The van der Waals surface area contributed by atoms with Gasteiger partial charge in [-0.05, 0) is 31.0 Å². The van der Waals surface area contributed by atoms with E-state index in [0.29, 0.717) is 6.42 Å². The molecule has 0 aliphatic rings. The van der Waals surface area contributed by atoms with Gasteiger partial charge in [0.25, 0.3) is 10.1 Å². The molecule has 0 saturated heterocycles. The Morgan fingerprint density at radius 2 is 1.74 bits per heavy atom. The van der Waals surface area contributed by atoms with Crippen LogP contribution in [0.15, 0.2) is 29.2 Å². The summed E-state index contributed by atoms with van der Waals surface area (Å²) < 4.78 is 30.4. The first-order chi connectivity index (χ1) is 8.29. The molecule has 0 aromatic heterocycles. The van der Waals surface area contributed by atoms with E-state index in [1.54, 1.807) is 0 Å². The van der Waals surface area contributed by atoms with Crippen molar-refractivity contribution in [1.82, 2.24) is 0 Å². The Hall–Kier alpha value is 0.106. The zero-order valence-electron chi connectivity index (χ0n) is 11.9. The van der Waals surface area contributed by atoms with Gasteiger partial charge in [-0.1, -0.05) is 12.1 Å². The fourth-order valence-electron chi connectivity index (χ4n) is 1.48. The monoisotopic (exact) mass is 310 g/mol. The maximum Gasteiger partial charge on any atom is 1.00 e. The third kappa shape index (κ3) is 7.45. The quantitative estimate of drug-likeness (QED) is 0.394. The number of carbonyl (C=O) groups is 2. The second kappa shape index (κ2) is 8.41. The number of ketones is 2. The summed E-state index contributed by atoms with van der Waals surface area (Å²) in [6, 6.07) is 5.62. The standard InChI is InChI=1S/C12H14O5S.K.H/c1-9(13)8-11(14)5-2-10-3-6-12(7-4-10)18(15,16)17;;/h3-4,6-7H,2,5,8H2,1H3,(H,15,16,17);;/q;+1;-1. The molecule has 0 atom stereocenters. The molecule has 19 heavy (non-hydrogen) atoms. The summed E-state index contributed by atoms with van der Waals surface area (Å²) in [4.78, 5) is 21.8. The summed E-state index contributed by atoms with van der Waals surface area (Å²) in [5, 5.41) is 0. The second-order valence-corrected chi connectivity index (χ2v) is 5.46. The molecular formula is C12H15KO5S. The van der Waals surface area contributed by atoms with E-state index in [2.05, 4.69) is 0 Å². The maximum absolute atomic E-state index is 11.3. The molecule has 5 nitrogen and oxygen atoms in total. The molecule has 1 aromatic carbocycles. The molecule has 1 N–H and O–H groups in total. The van der Waals surface area contributed by atoms with Crippen molar-refractivity contribution in [3.63, 3.8) is 0 Å². The van der Waals surface area contributed by atoms with Crippen molar-refractivity contribution in [2.45, 2.75) is 31.1 Å². The molecule has 0 radical (unpaired) electrons. The smallest absolute Gasteiger partial charge is 1.00 e. The van der Waals surface area contributed by atoms with Gasteiger partial charge >= 0.3 is 51.4 Å². The molecule has 0 aliphatic heterocycles. The van der Waals surface area contributed by atoms with E-state index in [0.717, 1.165) is 5.56 Å². The van der Waals surface area contributed by atoms with Crippen LogP contribution in [0.25, 0.3) is 0 Å². The van der Waals surface area contributed by atoms with Crippen LogP contribution in [0.4, 0.5) is 0 Å². The van der Waals surface area contributed by atoms with Crippen molar-refractivity contribution in [2.75, 3.05) is 0 Å². The van der Waals surface area contributed by atoms with Crippen LogP contribution in [-0.2, 0) is 26.1 Å². The van der Waals surface area contributed by atoms with E-state index in [4.69, 9.17) is 4.55 Å². The van der Waals surface area contributed by atoms with Crippen LogP contribution in [0.1, 0.15) is 26.8 Å². The topological polar surface area (TPSA) is 88.5 Å². The van der Waals surface area contributed by atoms with Gasteiger partial charge in [-0.2, -0.15) is 8.42 Å². The number of hydrogen-bond acceptors (Lipinski definition) is 4. The van der Waals surface area contributed by atoms with Crippen LogP contribution < -0.4 is 51.4 Å². The van der Waals surface area contributed by atoms with Gasteiger partial charge in [0, 0.05) is 6.42 Å². The van der Waals surface area contributed by atoms with E-state index in [9.17, 15) is 18.0 Å². The van der Waals surface area contributed by atoms with E-state index in [-0.39, 0.29) is 82.1 Å². The molecule has 1 aromatic rings. The Labute approximate surface area is 156 Å². The fraction of sp³-hybridized carbons (Fsp3) is 0.333. The molecule has 7 heteroatoms. The van der Waals surface area contributed by atoms with Crippen molar-refractivity contribution in [1.29, 1.82) is 0 Å². The normalized spacial score (nSPS) is 10.6. The summed E-state index contributed by atoms with van der Waals surface area (Å²) in [6.07, 6.45) is 0.617. The Morgan fingerprint density at radius 3 is 2.16 bits per heavy atom. The first-order valence-electron chi connectivity index (χ1n) is 5.36. The zero-order chi connectivity index (χ0) is 13.8. The predicted molar refractivity (Wildman–Crippen MR) is 66.0 cm³/mol. The molecular weight excluding hydrogens is 295 g/mol. The van der Waals surface area contributed by atoms with Crippen molar-refractivity contribution < 1.29 is 75.4 Å². The molecule has 100 valence electrons. The van der Waals surface area contributed by atoms with Gasteiger partial charge in [0.2, 0.25) is 0 Å². The Morgan fingerprint density at radius 1 is 1.21 bits per heavy atom. The average Bonchev–Trinajstić information content (AvgIpc) is 2.25. The second-order valence-electron chi connectivity index (χ2n) is 4.04. The Bertz CT molecular complexity index is 554. The van der Waals surface area contributed by atoms with Gasteiger partial charge < -0.3 is 1.43 Å². The number of rotatable bonds is 6. The van der Waals surface area contributed by atoms with Crippen LogP contribution in [0.2, 0.25) is 0 Å². The minimum Gasteiger partial charge on any atom is -1.00 e. The molecule has 0 amide bonds. The third-order valence-corrected chi connectivity index (χ3v) is 3.23. The van der Waals surface area contributed by atoms with Crippen LogP contribution in [0, 0.1) is 0 Å². The largest absolute Gasteiger partial charge is 1.00 e. The van der Waals surface area contributed by atoms with Crippen molar-refractivity contribution in [3.05, 3.63) is 29.8 Å². The Balaban J connectivity index is 0. The molecule has 0 unspecified atom stereocenters. The van der Waals surface area contributed by atoms with Gasteiger partial charge in [-0.3, -0.25) is 14.1 Å². The average molecular weight is 310 g/mol. The van der Waals surface area contributed by atoms with Gasteiger partial charge in [-0.25, -0.2) is 0 Å². The van der Waals surface area contributed by atoms with E-state index >= 15 is 0 Å². The van der Waals surface area contributed by atoms with Crippen LogP contribution in [-0.4, -0.2) is 24.5 Å². The van der Waals surface area contributed by atoms with Crippen LogP contribution >= 0.6 is 0 Å². The van der Waals surface area contributed by atoms with E-state index < -0.39 is 10.1 Å². The van der Waals surface area contributed by atoms with Gasteiger partial charge in [0.1, 0.15) is 11.6 Å². The SMILES string of the molecule is CC(=O)CC(=O)CCc1ccc(S(=O)(=O)O)cc1.[H-].[K+]. The van der Waals surface area contributed by atoms with Crippen LogP contribution in [0.5, 0.6) is 0 Å². The van der Waals surface area contributed by atoms with Crippen molar-refractivity contribution in [2.24, 2.45) is 0 Å². The molecule has 1 rings (SSSR count). The number of Topliss-reactive ketones (excluding diaryl/α,β-unsaturated/α-hetero) is 2. The molecule has 0 spiro atoms. The summed E-state index contributed by atoms with van der Waals surface area (Å²) >= 11 is 0. The Kier molecular flexibility index (Phi) is 8.45.